The summed E-state index contributed by atoms with van der Waals surface area (Å²) in [6, 6.07) is 8.46. The number of fused-ring (bicyclic) bond motifs is 4. The van der Waals surface area contributed by atoms with Gasteiger partial charge in [-0.05, 0) is 85.3 Å². The number of benzene rings is 1. The molecule has 1 aromatic rings. The first-order valence-electron chi connectivity index (χ1n) is 14.5. The Bertz CT molecular complexity index is 1370. The molecular weight excluding hydrogens is 522 g/mol. The maximum absolute atomic E-state index is 13.9. The number of ether oxygens (including phenoxy) is 2. The molecule has 0 saturated heterocycles. The monoisotopic (exact) mass is 561 g/mol. The Balaban J connectivity index is 1.63. The van der Waals surface area contributed by atoms with E-state index in [0.717, 1.165) is 43.0 Å². The molecule has 2 fully saturated rings. The summed E-state index contributed by atoms with van der Waals surface area (Å²) in [4.78, 5) is 64.3. The molecule has 5 atom stereocenters. The van der Waals surface area contributed by atoms with Crippen molar-refractivity contribution in [3.8, 4) is 0 Å². The lowest BCUT2D eigenvalue weighted by Gasteiger charge is -2.55. The van der Waals surface area contributed by atoms with Gasteiger partial charge in [0.15, 0.2) is 18.0 Å². The quantitative estimate of drug-likeness (QED) is 0.350. The van der Waals surface area contributed by atoms with E-state index in [4.69, 9.17) is 9.47 Å². The average Bonchev–Trinajstić information content (AvgIpc) is 3.22. The van der Waals surface area contributed by atoms with Gasteiger partial charge in [0.05, 0.1) is 0 Å². The number of carbonyl (C=O) groups is 5. The molecule has 0 aromatic heterocycles. The van der Waals surface area contributed by atoms with Crippen molar-refractivity contribution >= 4 is 35.0 Å². The molecule has 0 aliphatic heterocycles. The van der Waals surface area contributed by atoms with Crippen LogP contribution in [-0.2, 0) is 33.4 Å². The van der Waals surface area contributed by atoms with Gasteiger partial charge in [0, 0.05) is 51.4 Å². The van der Waals surface area contributed by atoms with Crippen LogP contribution in [0.25, 0.3) is 0 Å². The van der Waals surface area contributed by atoms with Crippen LogP contribution in [0.5, 0.6) is 0 Å². The molecule has 0 spiro atoms. The number of esters is 2. The number of hydrogen-bond acceptors (Lipinski definition) is 8. The molecule has 0 N–H and O–H groups in total. The summed E-state index contributed by atoms with van der Waals surface area (Å²) in [5.74, 6) is -2.55. The van der Waals surface area contributed by atoms with Crippen molar-refractivity contribution in [1.82, 2.24) is 0 Å². The van der Waals surface area contributed by atoms with Crippen molar-refractivity contribution in [3.63, 3.8) is 0 Å². The van der Waals surface area contributed by atoms with E-state index in [0.29, 0.717) is 25.7 Å². The largest absolute Gasteiger partial charge is 0.452 e. The molecule has 1 aromatic carbocycles. The minimum atomic E-state index is -1.47. The SMILES string of the molecule is CC(=O)O[C@]1(C(=O)COC(=O)C(C)=O)CCC2C3CCC4=CC(=O)CCC4=C3C(c3ccc(N(C)C)cc3)C[C@@]21C. The van der Waals surface area contributed by atoms with Crippen molar-refractivity contribution in [2.45, 2.75) is 77.2 Å². The Morgan fingerprint density at radius 2 is 1.71 bits per heavy atom. The highest BCUT2D eigenvalue weighted by atomic mass is 16.6. The second-order valence-electron chi connectivity index (χ2n) is 12.5. The summed E-state index contributed by atoms with van der Waals surface area (Å²) in [5.41, 5.74) is 3.79. The summed E-state index contributed by atoms with van der Waals surface area (Å²) in [7, 11) is 3.99. The van der Waals surface area contributed by atoms with E-state index in [9.17, 15) is 24.0 Å². The maximum Gasteiger partial charge on any atom is 0.374 e. The number of rotatable bonds is 7. The third-order valence-electron chi connectivity index (χ3n) is 10.1. The highest BCUT2D eigenvalue weighted by Gasteiger charge is 2.68. The van der Waals surface area contributed by atoms with E-state index < -0.39 is 41.1 Å². The number of ketones is 3. The Morgan fingerprint density at radius 3 is 2.34 bits per heavy atom. The van der Waals surface area contributed by atoms with Crippen LogP contribution in [0.3, 0.4) is 0 Å². The molecule has 5 rings (SSSR count). The first-order chi connectivity index (χ1) is 19.4. The van der Waals surface area contributed by atoms with Crippen molar-refractivity contribution in [3.05, 3.63) is 52.6 Å². The van der Waals surface area contributed by atoms with Gasteiger partial charge in [0.2, 0.25) is 11.6 Å². The average molecular weight is 562 g/mol. The molecule has 218 valence electrons. The zero-order chi connectivity index (χ0) is 29.7. The third-order valence-corrected chi connectivity index (χ3v) is 10.1. The number of hydrogen-bond donors (Lipinski definition) is 0. The normalized spacial score (nSPS) is 30.4. The summed E-state index contributed by atoms with van der Waals surface area (Å²) in [6.45, 7) is 3.83. The summed E-state index contributed by atoms with van der Waals surface area (Å²) < 4.78 is 11.1. The molecular formula is C33H39NO7. The van der Waals surface area contributed by atoms with Crippen LogP contribution in [0.15, 0.2) is 47.1 Å². The molecule has 3 unspecified atom stereocenters. The number of Topliss-reactive ketones (excluding diaryl/α,β-unsaturated/α-hetero) is 2. The topological polar surface area (TPSA) is 107 Å². The van der Waals surface area contributed by atoms with Crippen LogP contribution in [0.2, 0.25) is 0 Å². The molecule has 0 amide bonds. The fourth-order valence-corrected chi connectivity index (χ4v) is 8.23. The van der Waals surface area contributed by atoms with E-state index in [-0.39, 0.29) is 23.5 Å². The standard InChI is InChI=1S/C33H39NO7/c1-19(35)31(39)40-18-29(38)33(41-20(2)36)15-14-28-26-12-8-22-16-24(37)11-13-25(22)30(26)27(17-32(28,33)3)21-6-9-23(10-7-21)34(4)5/h6-7,9-10,16,26-28H,8,11-15,17-18H2,1-5H3/t26?,27?,28?,32-,33-/m0/s1. The highest BCUT2D eigenvalue weighted by Crippen LogP contribution is 2.67. The van der Waals surface area contributed by atoms with Crippen LogP contribution in [0, 0.1) is 17.3 Å². The van der Waals surface area contributed by atoms with Crippen molar-refractivity contribution in [2.75, 3.05) is 25.6 Å². The second-order valence-corrected chi connectivity index (χ2v) is 12.5. The van der Waals surface area contributed by atoms with Crippen LogP contribution < -0.4 is 4.90 Å². The summed E-state index contributed by atoms with van der Waals surface area (Å²) in [5, 5.41) is 0. The van der Waals surface area contributed by atoms with Crippen LogP contribution in [-0.4, -0.2) is 55.6 Å². The molecule has 4 aliphatic rings. The zero-order valence-electron chi connectivity index (χ0n) is 24.6. The van der Waals surface area contributed by atoms with Gasteiger partial charge in [-0.2, -0.15) is 0 Å². The predicted octanol–water partition coefficient (Wildman–Crippen LogP) is 4.66. The third kappa shape index (κ3) is 4.85. The number of nitrogens with zero attached hydrogens (tertiary/aromatic N) is 1. The first kappa shape index (κ1) is 29.0. The molecule has 0 heterocycles. The van der Waals surface area contributed by atoms with Crippen LogP contribution >= 0.6 is 0 Å². The molecule has 41 heavy (non-hydrogen) atoms. The molecule has 0 radical (unpaired) electrons. The van der Waals surface area contributed by atoms with Gasteiger partial charge in [-0.15, -0.1) is 0 Å². The lowest BCUT2D eigenvalue weighted by molar-refractivity contribution is -0.186. The van der Waals surface area contributed by atoms with Crippen LogP contribution in [0.1, 0.15) is 77.2 Å². The first-order valence-corrected chi connectivity index (χ1v) is 14.5. The highest BCUT2D eigenvalue weighted by molar-refractivity contribution is 6.32. The molecule has 0 bridgehead atoms. The van der Waals surface area contributed by atoms with Gasteiger partial charge in [0.25, 0.3) is 0 Å². The maximum atomic E-state index is 13.9. The van der Waals surface area contributed by atoms with Gasteiger partial charge in [0.1, 0.15) is 0 Å². The minimum Gasteiger partial charge on any atom is -0.452 e. The number of anilines is 1. The minimum absolute atomic E-state index is 0.0371. The summed E-state index contributed by atoms with van der Waals surface area (Å²) >= 11 is 0. The van der Waals surface area contributed by atoms with E-state index in [1.165, 1.54) is 18.1 Å². The van der Waals surface area contributed by atoms with E-state index in [2.05, 4.69) is 31.2 Å². The Kier molecular flexibility index (Phi) is 7.55. The van der Waals surface area contributed by atoms with Crippen molar-refractivity contribution in [1.29, 1.82) is 0 Å². The molecule has 4 aliphatic carbocycles. The smallest absolute Gasteiger partial charge is 0.374 e. The Hall–Kier alpha value is -3.55. The lowest BCUT2D eigenvalue weighted by Crippen LogP contribution is -2.58. The van der Waals surface area contributed by atoms with Gasteiger partial charge in [-0.1, -0.05) is 24.6 Å². The number of allylic oxidation sites excluding steroid dienone is 4. The molecule has 2 saturated carbocycles. The Labute approximate surface area is 241 Å². The summed E-state index contributed by atoms with van der Waals surface area (Å²) in [6.07, 6.45) is 6.29. The Morgan fingerprint density at radius 1 is 1.00 bits per heavy atom. The van der Waals surface area contributed by atoms with Gasteiger partial charge in [-0.3, -0.25) is 19.2 Å². The van der Waals surface area contributed by atoms with Gasteiger partial charge < -0.3 is 14.4 Å². The van der Waals surface area contributed by atoms with Gasteiger partial charge in [-0.25, -0.2) is 4.79 Å². The second kappa shape index (κ2) is 10.7. The van der Waals surface area contributed by atoms with E-state index in [1.54, 1.807) is 0 Å². The lowest BCUT2D eigenvalue weighted by atomic mass is 9.50. The molecule has 8 nitrogen and oxygen atoms in total. The fourth-order valence-electron chi connectivity index (χ4n) is 8.23. The number of carbonyl (C=O) groups excluding carboxylic acids is 5. The van der Waals surface area contributed by atoms with Crippen molar-refractivity contribution < 1.29 is 33.4 Å². The fraction of sp³-hybridized carbons (Fsp3) is 0.545. The van der Waals surface area contributed by atoms with E-state index in [1.807, 2.05) is 25.1 Å². The van der Waals surface area contributed by atoms with Crippen LogP contribution in [0.4, 0.5) is 5.69 Å². The molecule has 8 heteroatoms. The van der Waals surface area contributed by atoms with E-state index >= 15 is 0 Å². The zero-order valence-corrected chi connectivity index (χ0v) is 24.6. The predicted molar refractivity (Wildman–Crippen MR) is 152 cm³/mol. The van der Waals surface area contributed by atoms with Gasteiger partial charge >= 0.3 is 11.9 Å². The van der Waals surface area contributed by atoms with Crippen molar-refractivity contribution in [2.24, 2.45) is 17.3 Å².